The number of carbonyl (C=O) groups is 2. The van der Waals surface area contributed by atoms with Crippen molar-refractivity contribution in [3.05, 3.63) is 53.6 Å². The minimum absolute atomic E-state index is 0.279. The quantitative estimate of drug-likeness (QED) is 0.859. The zero-order valence-electron chi connectivity index (χ0n) is 13.1. The molecule has 6 nitrogen and oxygen atoms in total. The van der Waals surface area contributed by atoms with Gasteiger partial charge in [0.15, 0.2) is 0 Å². The van der Waals surface area contributed by atoms with E-state index < -0.39 is 11.9 Å². The fourth-order valence-corrected chi connectivity index (χ4v) is 2.11. The van der Waals surface area contributed by atoms with Gasteiger partial charge < -0.3 is 19.5 Å². The third-order valence-corrected chi connectivity index (χ3v) is 3.20. The maximum absolute atomic E-state index is 12.5. The van der Waals surface area contributed by atoms with Gasteiger partial charge in [0.1, 0.15) is 17.1 Å². The number of anilines is 1. The SMILES string of the molecule is COC(=O)c1cccc(NC(=O)c2c(OC)cccc2OC)c1. The molecule has 0 aromatic heterocycles. The van der Waals surface area contributed by atoms with E-state index in [0.717, 1.165) is 0 Å². The van der Waals surface area contributed by atoms with Crippen LogP contribution in [0.2, 0.25) is 0 Å². The number of methoxy groups -OCH3 is 3. The summed E-state index contributed by atoms with van der Waals surface area (Å²) in [6, 6.07) is 11.5. The second-order valence-electron chi connectivity index (χ2n) is 4.56. The van der Waals surface area contributed by atoms with E-state index in [1.54, 1.807) is 36.4 Å². The highest BCUT2D eigenvalue weighted by Gasteiger charge is 2.18. The highest BCUT2D eigenvalue weighted by atomic mass is 16.5. The Bertz CT molecular complexity index is 704. The number of hydrogen-bond acceptors (Lipinski definition) is 5. The smallest absolute Gasteiger partial charge is 0.337 e. The molecule has 0 fully saturated rings. The Labute approximate surface area is 134 Å². The highest BCUT2D eigenvalue weighted by Crippen LogP contribution is 2.29. The van der Waals surface area contributed by atoms with Gasteiger partial charge in [-0.15, -0.1) is 0 Å². The molecule has 120 valence electrons. The lowest BCUT2D eigenvalue weighted by molar-refractivity contribution is 0.0600. The number of benzene rings is 2. The molecule has 0 saturated heterocycles. The Morgan fingerprint density at radius 3 is 2.09 bits per heavy atom. The summed E-state index contributed by atoms with van der Waals surface area (Å²) >= 11 is 0. The topological polar surface area (TPSA) is 73.9 Å². The van der Waals surface area contributed by atoms with Crippen molar-refractivity contribution < 1.29 is 23.8 Å². The van der Waals surface area contributed by atoms with Crippen LogP contribution in [0.25, 0.3) is 0 Å². The first kappa shape index (κ1) is 16.4. The van der Waals surface area contributed by atoms with E-state index in [0.29, 0.717) is 22.7 Å². The molecule has 0 unspecified atom stereocenters. The van der Waals surface area contributed by atoms with Gasteiger partial charge in [-0.25, -0.2) is 4.79 Å². The molecule has 0 aliphatic heterocycles. The number of carbonyl (C=O) groups excluding carboxylic acids is 2. The molecule has 23 heavy (non-hydrogen) atoms. The number of hydrogen-bond donors (Lipinski definition) is 1. The molecule has 2 rings (SSSR count). The molecule has 2 aromatic carbocycles. The maximum Gasteiger partial charge on any atom is 0.337 e. The first-order valence-electron chi connectivity index (χ1n) is 6.81. The molecule has 1 amide bonds. The van der Waals surface area contributed by atoms with Crippen LogP contribution < -0.4 is 14.8 Å². The third kappa shape index (κ3) is 3.60. The van der Waals surface area contributed by atoms with Crippen molar-refractivity contribution in [3.63, 3.8) is 0 Å². The lowest BCUT2D eigenvalue weighted by Crippen LogP contribution is -2.15. The van der Waals surface area contributed by atoms with Crippen LogP contribution >= 0.6 is 0 Å². The zero-order valence-corrected chi connectivity index (χ0v) is 13.1. The van der Waals surface area contributed by atoms with Gasteiger partial charge in [0.2, 0.25) is 0 Å². The lowest BCUT2D eigenvalue weighted by Gasteiger charge is -2.13. The van der Waals surface area contributed by atoms with Crippen LogP contribution in [0.4, 0.5) is 5.69 Å². The van der Waals surface area contributed by atoms with E-state index >= 15 is 0 Å². The second kappa shape index (κ2) is 7.31. The highest BCUT2D eigenvalue weighted by molar-refractivity contribution is 6.08. The number of rotatable bonds is 5. The predicted octanol–water partition coefficient (Wildman–Crippen LogP) is 2.74. The molecule has 2 aromatic rings. The molecule has 0 atom stereocenters. The molecule has 0 heterocycles. The Morgan fingerprint density at radius 1 is 0.913 bits per heavy atom. The fraction of sp³-hybridized carbons (Fsp3) is 0.176. The van der Waals surface area contributed by atoms with Gasteiger partial charge >= 0.3 is 5.97 Å². The molecule has 6 heteroatoms. The van der Waals surface area contributed by atoms with Crippen LogP contribution in [0, 0.1) is 0 Å². The third-order valence-electron chi connectivity index (χ3n) is 3.20. The van der Waals surface area contributed by atoms with Gasteiger partial charge in [-0.3, -0.25) is 4.79 Å². The van der Waals surface area contributed by atoms with E-state index in [-0.39, 0.29) is 5.56 Å². The molecule has 0 bridgehead atoms. The molecule has 0 radical (unpaired) electrons. The first-order valence-corrected chi connectivity index (χ1v) is 6.81. The Balaban J connectivity index is 2.31. The van der Waals surface area contributed by atoms with E-state index in [1.807, 2.05) is 0 Å². The molecule has 0 spiro atoms. The van der Waals surface area contributed by atoms with Crippen LogP contribution in [0.15, 0.2) is 42.5 Å². The van der Waals surface area contributed by atoms with Crippen molar-refractivity contribution in [3.8, 4) is 11.5 Å². The summed E-state index contributed by atoms with van der Waals surface area (Å²) in [6.07, 6.45) is 0. The monoisotopic (exact) mass is 315 g/mol. The predicted molar refractivity (Wildman–Crippen MR) is 85.3 cm³/mol. The van der Waals surface area contributed by atoms with Gasteiger partial charge in [-0.2, -0.15) is 0 Å². The van der Waals surface area contributed by atoms with Gasteiger partial charge in [0.05, 0.1) is 26.9 Å². The van der Waals surface area contributed by atoms with Crippen molar-refractivity contribution in [2.75, 3.05) is 26.6 Å². The average Bonchev–Trinajstić information content (AvgIpc) is 2.60. The van der Waals surface area contributed by atoms with E-state index in [9.17, 15) is 9.59 Å². The molecular formula is C17H17NO5. The van der Waals surface area contributed by atoms with Gasteiger partial charge in [-0.1, -0.05) is 12.1 Å². The molecule has 0 aliphatic rings. The summed E-state index contributed by atoms with van der Waals surface area (Å²) in [7, 11) is 4.25. The summed E-state index contributed by atoms with van der Waals surface area (Å²) in [5.74, 6) is -0.0887. The zero-order chi connectivity index (χ0) is 16.8. The van der Waals surface area contributed by atoms with Crippen LogP contribution in [-0.4, -0.2) is 33.2 Å². The molecular weight excluding hydrogens is 298 g/mol. The van der Waals surface area contributed by atoms with E-state index in [2.05, 4.69) is 10.1 Å². The van der Waals surface area contributed by atoms with Crippen LogP contribution in [0.1, 0.15) is 20.7 Å². The number of ether oxygens (including phenoxy) is 3. The summed E-state index contributed by atoms with van der Waals surface area (Å²) in [5.41, 5.74) is 1.09. The van der Waals surface area contributed by atoms with Crippen molar-refractivity contribution in [1.82, 2.24) is 0 Å². The van der Waals surface area contributed by atoms with Crippen LogP contribution in [0.3, 0.4) is 0 Å². The van der Waals surface area contributed by atoms with Gasteiger partial charge in [-0.05, 0) is 30.3 Å². The normalized spacial score (nSPS) is 9.87. The Hall–Kier alpha value is -3.02. The summed E-state index contributed by atoms with van der Waals surface area (Å²) in [4.78, 5) is 24.1. The Morgan fingerprint density at radius 2 is 1.52 bits per heavy atom. The van der Waals surface area contributed by atoms with Crippen molar-refractivity contribution in [2.45, 2.75) is 0 Å². The number of nitrogens with one attached hydrogen (secondary N) is 1. The Kier molecular flexibility index (Phi) is 5.19. The van der Waals surface area contributed by atoms with Crippen molar-refractivity contribution in [2.24, 2.45) is 0 Å². The number of amides is 1. The average molecular weight is 315 g/mol. The molecule has 0 saturated carbocycles. The maximum atomic E-state index is 12.5. The first-order chi connectivity index (χ1) is 11.1. The van der Waals surface area contributed by atoms with Crippen molar-refractivity contribution in [1.29, 1.82) is 0 Å². The number of esters is 1. The molecule has 1 N–H and O–H groups in total. The van der Waals surface area contributed by atoms with Gasteiger partial charge in [0.25, 0.3) is 5.91 Å². The van der Waals surface area contributed by atoms with E-state index in [4.69, 9.17) is 9.47 Å². The van der Waals surface area contributed by atoms with Crippen LogP contribution in [0.5, 0.6) is 11.5 Å². The minimum Gasteiger partial charge on any atom is -0.496 e. The summed E-state index contributed by atoms with van der Waals surface area (Å²) in [5, 5.41) is 2.72. The lowest BCUT2D eigenvalue weighted by atomic mass is 10.1. The van der Waals surface area contributed by atoms with Gasteiger partial charge in [0, 0.05) is 5.69 Å². The largest absolute Gasteiger partial charge is 0.496 e. The summed E-state index contributed by atoms with van der Waals surface area (Å²) < 4.78 is 15.1. The van der Waals surface area contributed by atoms with Crippen LogP contribution in [-0.2, 0) is 4.74 Å². The second-order valence-corrected chi connectivity index (χ2v) is 4.56. The van der Waals surface area contributed by atoms with E-state index in [1.165, 1.54) is 27.4 Å². The minimum atomic E-state index is -0.476. The molecule has 0 aliphatic carbocycles. The fourth-order valence-electron chi connectivity index (χ4n) is 2.11. The standard InChI is InChI=1S/C17H17NO5/c1-21-13-8-5-9-14(22-2)15(13)16(19)18-12-7-4-6-11(10-12)17(20)23-3/h4-10H,1-3H3,(H,18,19). The van der Waals surface area contributed by atoms with Crippen molar-refractivity contribution >= 4 is 17.6 Å². The summed E-state index contributed by atoms with van der Waals surface area (Å²) in [6.45, 7) is 0.